The van der Waals surface area contributed by atoms with Gasteiger partial charge in [0.05, 0.1) is 25.2 Å². The molecule has 6 heteroatoms. The van der Waals surface area contributed by atoms with Gasteiger partial charge in [-0.05, 0) is 33.6 Å². The van der Waals surface area contributed by atoms with Gasteiger partial charge in [-0.2, -0.15) is 0 Å². The zero-order chi connectivity index (χ0) is 15.6. The van der Waals surface area contributed by atoms with Crippen LogP contribution < -0.4 is 0 Å². The summed E-state index contributed by atoms with van der Waals surface area (Å²) in [6.07, 6.45) is -0.563. The summed E-state index contributed by atoms with van der Waals surface area (Å²) in [6.45, 7) is 7.65. The van der Waals surface area contributed by atoms with Crippen molar-refractivity contribution >= 4 is 12.1 Å². The fourth-order valence-corrected chi connectivity index (χ4v) is 2.47. The normalized spacial score (nSPS) is 27.1. The van der Waals surface area contributed by atoms with Crippen molar-refractivity contribution in [1.82, 2.24) is 4.90 Å². The number of carbonyl (C=O) groups excluding carboxylic acids is 2. The molecule has 6 nitrogen and oxygen atoms in total. The summed E-state index contributed by atoms with van der Waals surface area (Å²) in [6, 6.07) is 0. The van der Waals surface area contributed by atoms with Gasteiger partial charge < -0.3 is 19.5 Å². The van der Waals surface area contributed by atoms with E-state index in [0.717, 1.165) is 0 Å². The number of likely N-dealkylation sites (tertiary alicyclic amines) is 1. The third-order valence-electron chi connectivity index (χ3n) is 3.73. The fourth-order valence-electron chi connectivity index (χ4n) is 2.47. The van der Waals surface area contributed by atoms with Crippen molar-refractivity contribution in [1.29, 1.82) is 0 Å². The predicted molar refractivity (Wildman–Crippen MR) is 73.2 cm³/mol. The Morgan fingerprint density at radius 2 is 2.00 bits per heavy atom. The highest BCUT2D eigenvalue weighted by molar-refractivity contribution is 5.78. The number of β-amino-alcohol motifs (C(OH)–C–C–N with tert-alkyl or cyclic N) is 1. The second-order valence-electron chi connectivity index (χ2n) is 6.19. The van der Waals surface area contributed by atoms with E-state index >= 15 is 0 Å². The average Bonchev–Trinajstić information content (AvgIpc) is 2.36. The molecule has 1 N–H and O–H groups in total. The van der Waals surface area contributed by atoms with Gasteiger partial charge in [0, 0.05) is 6.54 Å². The quantitative estimate of drug-likeness (QED) is 0.780. The Balaban J connectivity index is 2.76. The molecule has 1 aliphatic heterocycles. The highest BCUT2D eigenvalue weighted by atomic mass is 16.6. The fraction of sp³-hybridized carbons (Fsp3) is 0.857. The van der Waals surface area contributed by atoms with E-state index in [2.05, 4.69) is 0 Å². The second kappa shape index (κ2) is 5.99. The van der Waals surface area contributed by atoms with Crippen LogP contribution in [0, 0.1) is 5.41 Å². The van der Waals surface area contributed by atoms with Gasteiger partial charge in [0.15, 0.2) is 0 Å². The number of aliphatic hydroxyl groups excluding tert-OH is 1. The molecule has 0 saturated carbocycles. The lowest BCUT2D eigenvalue weighted by Gasteiger charge is -2.43. The molecule has 0 aromatic heterocycles. The minimum absolute atomic E-state index is 0.0812. The smallest absolute Gasteiger partial charge is 0.410 e. The van der Waals surface area contributed by atoms with Gasteiger partial charge in [-0.15, -0.1) is 0 Å². The Morgan fingerprint density at radius 3 is 2.40 bits per heavy atom. The van der Waals surface area contributed by atoms with E-state index in [-0.39, 0.29) is 6.54 Å². The molecule has 1 rings (SSSR count). The van der Waals surface area contributed by atoms with Gasteiger partial charge in [-0.1, -0.05) is 6.92 Å². The lowest BCUT2D eigenvalue weighted by Crippen LogP contribution is -2.56. The SMILES string of the molecule is CCC1(C(=O)OC)CCN(C(=O)OC(C)(C)C)CC1O. The molecule has 1 aliphatic rings. The number of amides is 1. The first-order valence-corrected chi connectivity index (χ1v) is 6.90. The van der Waals surface area contributed by atoms with Crippen LogP contribution in [0.1, 0.15) is 40.5 Å². The van der Waals surface area contributed by atoms with Crippen LogP contribution in [-0.2, 0) is 14.3 Å². The Labute approximate surface area is 120 Å². The van der Waals surface area contributed by atoms with E-state index in [0.29, 0.717) is 19.4 Å². The minimum Gasteiger partial charge on any atom is -0.469 e. The molecule has 2 atom stereocenters. The molecule has 1 heterocycles. The van der Waals surface area contributed by atoms with E-state index in [1.54, 1.807) is 20.8 Å². The van der Waals surface area contributed by atoms with Crippen molar-refractivity contribution in [3.63, 3.8) is 0 Å². The van der Waals surface area contributed by atoms with Gasteiger partial charge in [0.25, 0.3) is 0 Å². The average molecular weight is 287 g/mol. The summed E-state index contributed by atoms with van der Waals surface area (Å²) in [5.74, 6) is -0.420. The third kappa shape index (κ3) is 3.42. The van der Waals surface area contributed by atoms with E-state index in [9.17, 15) is 14.7 Å². The number of methoxy groups -OCH3 is 1. The lowest BCUT2D eigenvalue weighted by molar-refractivity contribution is -0.166. The summed E-state index contributed by atoms with van der Waals surface area (Å²) < 4.78 is 10.1. The number of piperidine rings is 1. The zero-order valence-electron chi connectivity index (χ0n) is 12.9. The van der Waals surface area contributed by atoms with Gasteiger partial charge >= 0.3 is 12.1 Å². The molecule has 2 unspecified atom stereocenters. The molecule has 0 radical (unpaired) electrons. The summed E-state index contributed by atoms with van der Waals surface area (Å²) in [4.78, 5) is 25.3. The number of hydrogen-bond acceptors (Lipinski definition) is 5. The van der Waals surface area contributed by atoms with E-state index < -0.39 is 29.2 Å². The molecule has 1 fully saturated rings. The summed E-state index contributed by atoms with van der Waals surface area (Å²) in [5.41, 5.74) is -1.50. The van der Waals surface area contributed by atoms with E-state index in [1.165, 1.54) is 12.0 Å². The number of hydrogen-bond donors (Lipinski definition) is 1. The van der Waals surface area contributed by atoms with Crippen molar-refractivity contribution in [3.05, 3.63) is 0 Å². The first-order valence-electron chi connectivity index (χ1n) is 6.90. The Hall–Kier alpha value is -1.30. The van der Waals surface area contributed by atoms with Crippen LogP contribution in [0.3, 0.4) is 0 Å². The topological polar surface area (TPSA) is 76.1 Å². The van der Waals surface area contributed by atoms with Gasteiger partial charge in [0.2, 0.25) is 0 Å². The molecular formula is C14H25NO5. The van der Waals surface area contributed by atoms with Crippen LogP contribution in [-0.4, -0.2) is 54.0 Å². The van der Waals surface area contributed by atoms with Crippen LogP contribution in [0.5, 0.6) is 0 Å². The largest absolute Gasteiger partial charge is 0.469 e. The minimum atomic E-state index is -0.943. The molecule has 20 heavy (non-hydrogen) atoms. The summed E-state index contributed by atoms with van der Waals surface area (Å²) in [5, 5.41) is 10.3. The Morgan fingerprint density at radius 1 is 1.40 bits per heavy atom. The lowest BCUT2D eigenvalue weighted by atomic mass is 9.74. The zero-order valence-corrected chi connectivity index (χ0v) is 12.9. The molecular weight excluding hydrogens is 262 g/mol. The number of nitrogens with zero attached hydrogens (tertiary/aromatic N) is 1. The standard InChI is InChI=1S/C14H25NO5/c1-6-14(11(17)19-5)7-8-15(9-10(14)16)12(18)20-13(2,3)4/h10,16H,6-9H2,1-5H3. The first kappa shape index (κ1) is 16.8. The maximum atomic E-state index is 12.0. The van der Waals surface area contributed by atoms with Gasteiger partial charge in [-0.3, -0.25) is 4.79 Å². The molecule has 116 valence electrons. The Kier molecular flexibility index (Phi) is 5.02. The highest BCUT2D eigenvalue weighted by Gasteiger charge is 2.49. The van der Waals surface area contributed by atoms with Crippen LogP contribution in [0.4, 0.5) is 4.79 Å². The van der Waals surface area contributed by atoms with Crippen molar-refractivity contribution in [2.45, 2.75) is 52.2 Å². The maximum absolute atomic E-state index is 12.0. The van der Waals surface area contributed by atoms with Crippen LogP contribution in [0.15, 0.2) is 0 Å². The molecule has 1 saturated heterocycles. The van der Waals surface area contributed by atoms with Crippen molar-refractivity contribution < 1.29 is 24.2 Å². The van der Waals surface area contributed by atoms with E-state index in [1.807, 2.05) is 6.92 Å². The molecule has 0 spiro atoms. The van der Waals surface area contributed by atoms with Crippen LogP contribution in [0.25, 0.3) is 0 Å². The van der Waals surface area contributed by atoms with Crippen LogP contribution in [0.2, 0.25) is 0 Å². The van der Waals surface area contributed by atoms with Gasteiger partial charge in [-0.25, -0.2) is 4.79 Å². The predicted octanol–water partition coefficient (Wildman–Crippen LogP) is 1.56. The molecule has 0 aromatic carbocycles. The van der Waals surface area contributed by atoms with Crippen LogP contribution >= 0.6 is 0 Å². The summed E-state index contributed by atoms with van der Waals surface area (Å²) in [7, 11) is 1.31. The van der Waals surface area contributed by atoms with Crippen molar-refractivity contribution in [2.75, 3.05) is 20.2 Å². The highest BCUT2D eigenvalue weighted by Crippen LogP contribution is 2.36. The number of aliphatic hydroxyl groups is 1. The maximum Gasteiger partial charge on any atom is 0.410 e. The number of ether oxygens (including phenoxy) is 2. The molecule has 1 amide bonds. The number of carbonyl (C=O) groups is 2. The molecule has 0 aliphatic carbocycles. The summed E-state index contributed by atoms with van der Waals surface area (Å²) >= 11 is 0. The van der Waals surface area contributed by atoms with Gasteiger partial charge in [0.1, 0.15) is 5.60 Å². The number of esters is 1. The first-order chi connectivity index (χ1) is 9.16. The Bertz CT molecular complexity index is 376. The van der Waals surface area contributed by atoms with E-state index in [4.69, 9.17) is 9.47 Å². The number of rotatable bonds is 2. The van der Waals surface area contributed by atoms with Crippen molar-refractivity contribution in [3.8, 4) is 0 Å². The molecule has 0 aromatic rings. The third-order valence-corrected chi connectivity index (χ3v) is 3.73. The van der Waals surface area contributed by atoms with Crippen molar-refractivity contribution in [2.24, 2.45) is 5.41 Å². The molecule has 0 bridgehead atoms. The second-order valence-corrected chi connectivity index (χ2v) is 6.19. The monoisotopic (exact) mass is 287 g/mol.